The van der Waals surface area contributed by atoms with Crippen LogP contribution in [0.15, 0.2) is 42.6 Å². The Morgan fingerprint density at radius 3 is 2.22 bits per heavy atom. The fourth-order valence-electron chi connectivity index (χ4n) is 13.5. The van der Waals surface area contributed by atoms with E-state index >= 15 is 0 Å². The second-order valence-electron chi connectivity index (χ2n) is 22.4. The van der Waals surface area contributed by atoms with Crippen molar-refractivity contribution in [1.29, 1.82) is 0 Å². The summed E-state index contributed by atoms with van der Waals surface area (Å²) in [6.07, 6.45) is 20.2. The van der Waals surface area contributed by atoms with Crippen molar-refractivity contribution in [3.8, 4) is 11.5 Å². The van der Waals surface area contributed by atoms with Gasteiger partial charge in [-0.25, -0.2) is 9.26 Å². The van der Waals surface area contributed by atoms with Gasteiger partial charge in [0.25, 0.3) is 5.91 Å². The number of nitrogens with zero attached hydrogens (tertiary/aromatic N) is 8. The minimum absolute atomic E-state index is 0.0459. The van der Waals surface area contributed by atoms with Crippen LogP contribution >= 0.6 is 0 Å². The van der Waals surface area contributed by atoms with Gasteiger partial charge >= 0.3 is 0 Å². The molecule has 11 rings (SSSR count). The second kappa shape index (κ2) is 18.4. The minimum Gasteiger partial charge on any atom is -0.784 e. The number of unbranched alkanes of at least 4 members (excludes halogenated alkanes) is 5. The van der Waals surface area contributed by atoms with Crippen LogP contribution in [0.25, 0.3) is 5.57 Å². The third-order valence-electron chi connectivity index (χ3n) is 16.6. The third-order valence-corrected chi connectivity index (χ3v) is 16.6. The summed E-state index contributed by atoms with van der Waals surface area (Å²) in [5, 5.41) is 25.6. The van der Waals surface area contributed by atoms with Gasteiger partial charge in [0.05, 0.1) is 17.3 Å². The number of fused-ring (bicyclic) bond motifs is 4. The number of amides is 2. The van der Waals surface area contributed by atoms with Crippen LogP contribution in [0.1, 0.15) is 167 Å². The topological polar surface area (TPSA) is 113 Å². The first-order chi connectivity index (χ1) is 32.9. The van der Waals surface area contributed by atoms with E-state index in [1.807, 2.05) is 54.3 Å². The zero-order valence-electron chi connectivity index (χ0n) is 41.2. The molecule has 7 aliphatic heterocycles. The maximum absolute atomic E-state index is 14.8. The first-order valence-electron chi connectivity index (χ1n) is 26.4. The molecule has 12 nitrogen and oxygen atoms in total. The van der Waals surface area contributed by atoms with Gasteiger partial charge in [0.2, 0.25) is 11.3 Å². The summed E-state index contributed by atoms with van der Waals surface area (Å²) >= 11 is 0. The summed E-state index contributed by atoms with van der Waals surface area (Å²) < 4.78 is 11.9. The number of carbonyl (C=O) groups excluding carboxylic acids is 2. The molecule has 68 heavy (non-hydrogen) atoms. The SMILES string of the molecule is CC1(C)CC(n2cc(CCCCCCCCC(=O)N3CCN(C(=O)c4ccccc4C4=c5cc6c7c(c5Oc5c4cc4c8c5CCCN8CCC4)CCC[N+]=7CCC6)CC3)nn2)CC(C)(C)N1[O-]. The molecule has 3 aromatic carbocycles. The van der Waals surface area contributed by atoms with E-state index in [2.05, 4.69) is 50.2 Å². The molecule has 0 bridgehead atoms. The summed E-state index contributed by atoms with van der Waals surface area (Å²) in [6.45, 7) is 14.7. The van der Waals surface area contributed by atoms with Crippen LogP contribution in [0.2, 0.25) is 0 Å². The molecule has 360 valence electrons. The van der Waals surface area contributed by atoms with Gasteiger partial charge in [-0.1, -0.05) is 49.1 Å². The Bertz CT molecular complexity index is 2720. The summed E-state index contributed by atoms with van der Waals surface area (Å²) in [4.78, 5) is 34.9. The normalized spacial score (nSPS) is 20.6. The number of anilines is 1. The molecule has 1 aromatic heterocycles. The summed E-state index contributed by atoms with van der Waals surface area (Å²) in [5.41, 5.74) is 11.1. The molecule has 0 radical (unpaired) electrons. The van der Waals surface area contributed by atoms with Gasteiger partial charge in [-0.05, 0) is 128 Å². The lowest BCUT2D eigenvalue weighted by atomic mass is 9.79. The average molecular weight is 921 g/mol. The van der Waals surface area contributed by atoms with E-state index in [0.29, 0.717) is 32.6 Å². The number of aryl methyl sites for hydroxylation is 3. The lowest BCUT2D eigenvalue weighted by Crippen LogP contribution is -2.57. The number of rotatable bonds is 12. The number of aromatic nitrogens is 3. The van der Waals surface area contributed by atoms with Crippen molar-refractivity contribution < 1.29 is 14.3 Å². The fourth-order valence-corrected chi connectivity index (χ4v) is 13.5. The standard InChI is InChI=1S/C56H72N8O4/c1-55(2)35-41(36-56(3,4)64(55)67)63-37-40(57-58-63)19-9-7-5-6-8-10-24-48(65)59-29-31-62(32-30-59)54(66)43-21-12-11-20-42(43)49-46-33-38-17-13-25-60-27-15-22-44(50(38)60)52(46)68-53-45-23-16-28-61-26-14-18-39(51(45)61)34-47(49)53/h11-12,20-21,33-34,37,41H,5-10,13-19,22-32,35-36H2,1-4H3. The maximum Gasteiger partial charge on any atom is 0.254 e. The number of ether oxygens (including phenoxy) is 1. The molecular weight excluding hydrogens is 849 g/mol. The Labute approximate surface area is 402 Å². The van der Waals surface area contributed by atoms with Crippen LogP contribution in [0.3, 0.4) is 0 Å². The van der Waals surface area contributed by atoms with Gasteiger partial charge in [0.15, 0.2) is 0 Å². The van der Waals surface area contributed by atoms with Gasteiger partial charge in [0, 0.05) is 115 Å². The van der Waals surface area contributed by atoms with Crippen LogP contribution in [0, 0.1) is 5.21 Å². The molecule has 7 aliphatic rings. The van der Waals surface area contributed by atoms with Crippen LogP contribution in [0.4, 0.5) is 5.69 Å². The van der Waals surface area contributed by atoms with E-state index in [9.17, 15) is 14.8 Å². The highest BCUT2D eigenvalue weighted by molar-refractivity contribution is 6.02. The third kappa shape index (κ3) is 8.35. The molecule has 0 N–H and O–H groups in total. The van der Waals surface area contributed by atoms with E-state index in [1.54, 1.807) is 0 Å². The van der Waals surface area contributed by atoms with Gasteiger partial charge in [-0.2, -0.15) is 0 Å². The van der Waals surface area contributed by atoms with Crippen molar-refractivity contribution in [3.63, 3.8) is 0 Å². The van der Waals surface area contributed by atoms with E-state index in [1.165, 1.54) is 38.4 Å². The lowest BCUT2D eigenvalue weighted by Gasteiger charge is -2.59. The van der Waals surface area contributed by atoms with Crippen LogP contribution in [-0.2, 0) is 36.9 Å². The molecule has 4 aromatic rings. The van der Waals surface area contributed by atoms with Crippen molar-refractivity contribution >= 4 is 23.1 Å². The zero-order valence-corrected chi connectivity index (χ0v) is 41.2. The quantitative estimate of drug-likeness (QED) is 0.0927. The van der Waals surface area contributed by atoms with E-state index < -0.39 is 11.1 Å². The number of piperidine rings is 1. The Balaban J connectivity index is 0.725. The van der Waals surface area contributed by atoms with E-state index in [-0.39, 0.29) is 17.9 Å². The number of hydrogen-bond acceptors (Lipinski definition) is 8. The number of benzene rings is 3. The van der Waals surface area contributed by atoms with Crippen molar-refractivity contribution in [2.75, 3.05) is 57.3 Å². The Kier molecular flexibility index (Phi) is 12.2. The molecule has 0 aliphatic carbocycles. The highest BCUT2D eigenvalue weighted by atomic mass is 16.5. The van der Waals surface area contributed by atoms with Crippen molar-refractivity contribution in [2.45, 2.75) is 160 Å². The van der Waals surface area contributed by atoms with Gasteiger partial charge in [-0.15, -0.1) is 5.10 Å². The minimum atomic E-state index is -0.434. The second-order valence-corrected chi connectivity index (χ2v) is 22.4. The number of hydroxylamine groups is 2. The van der Waals surface area contributed by atoms with Crippen LogP contribution in [0.5, 0.6) is 11.5 Å². The average Bonchev–Trinajstić information content (AvgIpc) is 3.83. The Morgan fingerprint density at radius 1 is 0.750 bits per heavy atom. The molecule has 0 atom stereocenters. The smallest absolute Gasteiger partial charge is 0.254 e. The van der Waals surface area contributed by atoms with Crippen LogP contribution < -0.4 is 24.8 Å². The summed E-state index contributed by atoms with van der Waals surface area (Å²) in [5.74, 6) is 2.27. The predicted octanol–water partition coefficient (Wildman–Crippen LogP) is 7.66. The van der Waals surface area contributed by atoms with E-state index in [0.717, 1.165) is 180 Å². The molecule has 2 fully saturated rings. The van der Waals surface area contributed by atoms with Gasteiger partial charge in [-0.3, -0.25) is 9.59 Å². The first-order valence-corrected chi connectivity index (χ1v) is 26.4. The van der Waals surface area contributed by atoms with Gasteiger partial charge in [0.1, 0.15) is 24.6 Å². The predicted molar refractivity (Wildman–Crippen MR) is 267 cm³/mol. The highest BCUT2D eigenvalue weighted by Crippen LogP contribution is 2.49. The zero-order chi connectivity index (χ0) is 46.7. The molecular formula is C56H72N8O4. The molecule has 8 heterocycles. The van der Waals surface area contributed by atoms with Gasteiger partial charge < -0.3 is 29.7 Å². The Hall–Kier alpha value is -5.07. The monoisotopic (exact) mass is 921 g/mol. The highest BCUT2D eigenvalue weighted by Gasteiger charge is 2.42. The molecule has 0 saturated carbocycles. The number of hydrogen-bond donors (Lipinski definition) is 0. The van der Waals surface area contributed by atoms with Crippen LogP contribution in [-0.4, -0.2) is 105 Å². The molecule has 2 amide bonds. The summed E-state index contributed by atoms with van der Waals surface area (Å²) in [6, 6.07) is 13.3. The largest absolute Gasteiger partial charge is 0.784 e. The molecule has 0 spiro atoms. The van der Waals surface area contributed by atoms with E-state index in [4.69, 9.17) is 4.74 Å². The van der Waals surface area contributed by atoms with Crippen molar-refractivity contribution in [1.82, 2.24) is 34.4 Å². The molecule has 12 heteroatoms. The number of piperazine rings is 1. The fraction of sp³-hybridized carbons (Fsp3) is 0.589. The maximum atomic E-state index is 14.8. The Morgan fingerprint density at radius 2 is 1.43 bits per heavy atom. The molecule has 2 saturated heterocycles. The lowest BCUT2D eigenvalue weighted by molar-refractivity contribution is -0.132. The number of carbonyl (C=O) groups is 2. The summed E-state index contributed by atoms with van der Waals surface area (Å²) in [7, 11) is 0. The van der Waals surface area contributed by atoms with Crippen molar-refractivity contribution in [2.24, 2.45) is 0 Å². The molecule has 0 unspecified atom stereocenters. The first kappa shape index (κ1) is 45.4. The van der Waals surface area contributed by atoms with Crippen molar-refractivity contribution in [3.05, 3.63) is 103 Å².